The molecular formula is C9H17FO2. The molecule has 3 heteroatoms. The molecule has 1 N–H and O–H groups in total. The zero-order valence-corrected chi connectivity index (χ0v) is 7.50. The molecular weight excluding hydrogens is 159 g/mol. The maximum atomic E-state index is 13.0. The van der Waals surface area contributed by atoms with E-state index in [9.17, 15) is 4.39 Å². The van der Waals surface area contributed by atoms with Crippen molar-refractivity contribution < 1.29 is 14.2 Å². The molecule has 1 aliphatic heterocycles. The highest BCUT2D eigenvalue weighted by Gasteiger charge is 2.21. The van der Waals surface area contributed by atoms with E-state index in [1.165, 1.54) is 6.92 Å². The van der Waals surface area contributed by atoms with Gasteiger partial charge in [-0.15, -0.1) is 0 Å². The van der Waals surface area contributed by atoms with Gasteiger partial charge >= 0.3 is 0 Å². The van der Waals surface area contributed by atoms with Gasteiger partial charge in [0.1, 0.15) is 6.17 Å². The lowest BCUT2D eigenvalue weighted by molar-refractivity contribution is -0.0208. The van der Waals surface area contributed by atoms with Gasteiger partial charge < -0.3 is 9.84 Å². The number of alkyl halides is 1. The molecule has 3 atom stereocenters. The largest absolute Gasteiger partial charge is 0.390 e. The van der Waals surface area contributed by atoms with Crippen molar-refractivity contribution in [3.8, 4) is 0 Å². The topological polar surface area (TPSA) is 29.5 Å². The number of hydrogen-bond acceptors (Lipinski definition) is 2. The highest BCUT2D eigenvalue weighted by atomic mass is 19.1. The summed E-state index contributed by atoms with van der Waals surface area (Å²) in [5.74, 6) is 0. The lowest BCUT2D eigenvalue weighted by Crippen LogP contribution is -2.28. The molecule has 0 aromatic heterocycles. The SMILES string of the molecule is CC(O)C(F)CC1CCCCO1. The average Bonchev–Trinajstić information content (AvgIpc) is 2.06. The van der Waals surface area contributed by atoms with Gasteiger partial charge in [-0.05, 0) is 26.2 Å². The van der Waals surface area contributed by atoms with E-state index in [0.29, 0.717) is 6.42 Å². The zero-order chi connectivity index (χ0) is 8.97. The van der Waals surface area contributed by atoms with Gasteiger partial charge in [-0.3, -0.25) is 0 Å². The molecule has 2 nitrogen and oxygen atoms in total. The molecule has 1 fully saturated rings. The van der Waals surface area contributed by atoms with E-state index in [-0.39, 0.29) is 6.10 Å². The molecule has 0 aromatic carbocycles. The summed E-state index contributed by atoms with van der Waals surface area (Å²) in [7, 11) is 0. The Hall–Kier alpha value is -0.150. The first kappa shape index (κ1) is 9.93. The number of aliphatic hydroxyl groups is 1. The second kappa shape index (κ2) is 4.77. The number of rotatable bonds is 3. The van der Waals surface area contributed by atoms with Gasteiger partial charge in [-0.25, -0.2) is 4.39 Å². The Kier molecular flexibility index (Phi) is 3.95. The minimum Gasteiger partial charge on any atom is -0.390 e. The molecule has 72 valence electrons. The van der Waals surface area contributed by atoms with Gasteiger partial charge in [0.05, 0.1) is 12.2 Å². The normalized spacial score (nSPS) is 29.8. The number of halogens is 1. The lowest BCUT2D eigenvalue weighted by Gasteiger charge is -2.24. The molecule has 1 rings (SSSR count). The van der Waals surface area contributed by atoms with E-state index in [1.54, 1.807) is 0 Å². The lowest BCUT2D eigenvalue weighted by atomic mass is 10.0. The van der Waals surface area contributed by atoms with Gasteiger partial charge in [0, 0.05) is 13.0 Å². The highest BCUT2D eigenvalue weighted by Crippen LogP contribution is 2.19. The predicted molar refractivity (Wildman–Crippen MR) is 44.8 cm³/mol. The van der Waals surface area contributed by atoms with Crippen LogP contribution in [0.25, 0.3) is 0 Å². The van der Waals surface area contributed by atoms with Crippen molar-refractivity contribution in [1.82, 2.24) is 0 Å². The minimum absolute atomic E-state index is 0.0309. The van der Waals surface area contributed by atoms with Gasteiger partial charge in [0.2, 0.25) is 0 Å². The molecule has 0 amide bonds. The molecule has 0 spiro atoms. The van der Waals surface area contributed by atoms with E-state index >= 15 is 0 Å². The van der Waals surface area contributed by atoms with E-state index in [2.05, 4.69) is 0 Å². The Balaban J connectivity index is 2.20. The summed E-state index contributed by atoms with van der Waals surface area (Å²) in [6, 6.07) is 0. The molecule has 1 aliphatic rings. The van der Waals surface area contributed by atoms with Crippen molar-refractivity contribution >= 4 is 0 Å². The molecule has 0 saturated carbocycles. The van der Waals surface area contributed by atoms with Crippen LogP contribution in [0.4, 0.5) is 4.39 Å². The first-order chi connectivity index (χ1) is 5.70. The van der Waals surface area contributed by atoms with Crippen LogP contribution < -0.4 is 0 Å². The van der Waals surface area contributed by atoms with Crippen molar-refractivity contribution in [1.29, 1.82) is 0 Å². The fourth-order valence-corrected chi connectivity index (χ4v) is 1.44. The van der Waals surface area contributed by atoms with Crippen LogP contribution in [0, 0.1) is 0 Å². The highest BCUT2D eigenvalue weighted by molar-refractivity contribution is 4.71. The third-order valence-electron chi connectivity index (χ3n) is 2.29. The van der Waals surface area contributed by atoms with Gasteiger partial charge in [-0.1, -0.05) is 0 Å². The van der Waals surface area contributed by atoms with Gasteiger partial charge in [0.15, 0.2) is 0 Å². The Morgan fingerprint density at radius 1 is 1.58 bits per heavy atom. The third-order valence-corrected chi connectivity index (χ3v) is 2.29. The molecule has 1 saturated heterocycles. The molecule has 3 unspecified atom stereocenters. The van der Waals surface area contributed by atoms with Crippen LogP contribution in [0.5, 0.6) is 0 Å². The van der Waals surface area contributed by atoms with Crippen molar-refractivity contribution in [3.05, 3.63) is 0 Å². The standard InChI is InChI=1S/C9H17FO2/c1-7(11)9(10)6-8-4-2-3-5-12-8/h7-9,11H,2-6H2,1H3. The number of hydrogen-bond donors (Lipinski definition) is 1. The summed E-state index contributed by atoms with van der Waals surface area (Å²) in [6.45, 7) is 2.23. The molecule has 0 aliphatic carbocycles. The van der Waals surface area contributed by atoms with E-state index < -0.39 is 12.3 Å². The van der Waals surface area contributed by atoms with Crippen LogP contribution in [-0.2, 0) is 4.74 Å². The first-order valence-corrected chi connectivity index (χ1v) is 4.64. The average molecular weight is 176 g/mol. The minimum atomic E-state index is -1.13. The Labute approximate surface area is 72.7 Å². The number of ether oxygens (including phenoxy) is 1. The second-order valence-corrected chi connectivity index (χ2v) is 3.48. The van der Waals surface area contributed by atoms with Crippen molar-refractivity contribution in [3.63, 3.8) is 0 Å². The van der Waals surface area contributed by atoms with Crippen molar-refractivity contribution in [2.45, 2.75) is 51.0 Å². The summed E-state index contributed by atoms with van der Waals surface area (Å²) in [6.07, 6.45) is 1.52. The third kappa shape index (κ3) is 3.07. The summed E-state index contributed by atoms with van der Waals surface area (Å²) in [5, 5.41) is 8.92. The van der Waals surface area contributed by atoms with Crippen LogP contribution >= 0.6 is 0 Å². The predicted octanol–water partition coefficient (Wildman–Crippen LogP) is 1.66. The first-order valence-electron chi connectivity index (χ1n) is 4.64. The maximum Gasteiger partial charge on any atom is 0.128 e. The molecule has 12 heavy (non-hydrogen) atoms. The molecule has 1 heterocycles. The van der Waals surface area contributed by atoms with Crippen molar-refractivity contribution in [2.24, 2.45) is 0 Å². The van der Waals surface area contributed by atoms with Crippen LogP contribution in [-0.4, -0.2) is 30.1 Å². The van der Waals surface area contributed by atoms with Crippen molar-refractivity contribution in [2.75, 3.05) is 6.61 Å². The second-order valence-electron chi connectivity index (χ2n) is 3.48. The van der Waals surface area contributed by atoms with Crippen LogP contribution in [0.3, 0.4) is 0 Å². The van der Waals surface area contributed by atoms with Gasteiger partial charge in [-0.2, -0.15) is 0 Å². The van der Waals surface area contributed by atoms with E-state index in [1.807, 2.05) is 0 Å². The molecule has 0 radical (unpaired) electrons. The monoisotopic (exact) mass is 176 g/mol. The van der Waals surface area contributed by atoms with Crippen LogP contribution in [0.15, 0.2) is 0 Å². The summed E-state index contributed by atoms with van der Waals surface area (Å²) in [4.78, 5) is 0. The Morgan fingerprint density at radius 3 is 2.83 bits per heavy atom. The summed E-state index contributed by atoms with van der Waals surface area (Å²) < 4.78 is 18.3. The Morgan fingerprint density at radius 2 is 2.33 bits per heavy atom. The van der Waals surface area contributed by atoms with E-state index in [4.69, 9.17) is 9.84 Å². The smallest absolute Gasteiger partial charge is 0.128 e. The number of aliphatic hydroxyl groups excluding tert-OH is 1. The molecule has 0 bridgehead atoms. The van der Waals surface area contributed by atoms with Crippen LogP contribution in [0.2, 0.25) is 0 Å². The fourth-order valence-electron chi connectivity index (χ4n) is 1.44. The summed E-state index contributed by atoms with van der Waals surface area (Å²) >= 11 is 0. The quantitative estimate of drug-likeness (QED) is 0.708. The van der Waals surface area contributed by atoms with Crippen LogP contribution in [0.1, 0.15) is 32.6 Å². The van der Waals surface area contributed by atoms with Gasteiger partial charge in [0.25, 0.3) is 0 Å². The van der Waals surface area contributed by atoms with E-state index in [0.717, 1.165) is 25.9 Å². The Bertz CT molecular complexity index is 122. The maximum absolute atomic E-state index is 13.0. The fraction of sp³-hybridized carbons (Fsp3) is 1.00. The zero-order valence-electron chi connectivity index (χ0n) is 7.50. The molecule has 0 aromatic rings. The summed E-state index contributed by atoms with van der Waals surface area (Å²) in [5.41, 5.74) is 0.